The van der Waals surface area contributed by atoms with E-state index in [1.165, 1.54) is 12.1 Å². The summed E-state index contributed by atoms with van der Waals surface area (Å²) in [5.74, 6) is -0.235. The lowest BCUT2D eigenvalue weighted by molar-refractivity contribution is 0.628. The standard InChI is InChI=1S/C21H13FN2/c22-16-11-9-14(10-12-16)20-13-15-5-1-2-6-17(15)21-18-7-3-4-8-19(18)23-24(20)21/h1-13H. The minimum atomic E-state index is -0.235. The highest BCUT2D eigenvalue weighted by atomic mass is 19.1. The van der Waals surface area contributed by atoms with Gasteiger partial charge < -0.3 is 0 Å². The maximum atomic E-state index is 13.3. The lowest BCUT2D eigenvalue weighted by Crippen LogP contribution is -1.95. The second-order valence-corrected chi connectivity index (χ2v) is 5.90. The van der Waals surface area contributed by atoms with Gasteiger partial charge in [-0.05, 0) is 41.8 Å². The molecular weight excluding hydrogens is 299 g/mol. The lowest BCUT2D eigenvalue weighted by atomic mass is 10.0. The number of fused-ring (bicyclic) bond motifs is 5. The lowest BCUT2D eigenvalue weighted by Gasteiger charge is -2.09. The summed E-state index contributed by atoms with van der Waals surface area (Å²) in [4.78, 5) is 0. The Bertz CT molecular complexity index is 1200. The summed E-state index contributed by atoms with van der Waals surface area (Å²) in [6.45, 7) is 0. The van der Waals surface area contributed by atoms with E-state index in [4.69, 9.17) is 5.10 Å². The molecule has 3 aromatic carbocycles. The predicted octanol–water partition coefficient (Wildman–Crippen LogP) is 5.45. The van der Waals surface area contributed by atoms with Crippen LogP contribution in [0.5, 0.6) is 0 Å². The SMILES string of the molecule is Fc1ccc(-c2cc3ccccc3c3c4ccccc4nn23)cc1. The molecule has 24 heavy (non-hydrogen) atoms. The van der Waals surface area contributed by atoms with Crippen LogP contribution in [0.15, 0.2) is 78.9 Å². The largest absolute Gasteiger partial charge is 0.231 e. The van der Waals surface area contributed by atoms with Gasteiger partial charge in [-0.15, -0.1) is 0 Å². The number of aromatic nitrogens is 2. The first kappa shape index (κ1) is 13.3. The topological polar surface area (TPSA) is 17.3 Å². The highest BCUT2D eigenvalue weighted by Crippen LogP contribution is 2.32. The Morgan fingerprint density at radius 2 is 1.46 bits per heavy atom. The van der Waals surface area contributed by atoms with Gasteiger partial charge in [-0.1, -0.05) is 42.5 Å². The molecule has 2 nitrogen and oxygen atoms in total. The summed E-state index contributed by atoms with van der Waals surface area (Å²) in [5, 5.41) is 8.22. The number of benzene rings is 3. The van der Waals surface area contributed by atoms with Crippen molar-refractivity contribution < 1.29 is 4.39 Å². The van der Waals surface area contributed by atoms with E-state index < -0.39 is 0 Å². The molecule has 0 aliphatic carbocycles. The van der Waals surface area contributed by atoms with E-state index in [1.54, 1.807) is 12.1 Å². The van der Waals surface area contributed by atoms with Crippen LogP contribution in [0.25, 0.3) is 38.4 Å². The third kappa shape index (κ3) is 1.85. The smallest absolute Gasteiger partial charge is 0.123 e. The molecule has 114 valence electrons. The Kier molecular flexibility index (Phi) is 2.71. The van der Waals surface area contributed by atoms with Crippen LogP contribution >= 0.6 is 0 Å². The van der Waals surface area contributed by atoms with E-state index in [-0.39, 0.29) is 5.82 Å². The van der Waals surface area contributed by atoms with Crippen molar-refractivity contribution in [2.24, 2.45) is 0 Å². The van der Waals surface area contributed by atoms with Crippen molar-refractivity contribution in [2.45, 2.75) is 0 Å². The van der Waals surface area contributed by atoms with Crippen LogP contribution in [-0.4, -0.2) is 9.61 Å². The quantitative estimate of drug-likeness (QED) is 0.402. The Balaban J connectivity index is 2.00. The van der Waals surface area contributed by atoms with E-state index in [2.05, 4.69) is 24.3 Å². The fourth-order valence-electron chi connectivity index (χ4n) is 3.34. The summed E-state index contributed by atoms with van der Waals surface area (Å²) in [5.41, 5.74) is 3.94. The fourth-order valence-corrected chi connectivity index (χ4v) is 3.34. The van der Waals surface area contributed by atoms with Crippen LogP contribution < -0.4 is 0 Å². The van der Waals surface area contributed by atoms with E-state index in [0.717, 1.165) is 38.4 Å². The second kappa shape index (κ2) is 4.90. The Morgan fingerprint density at radius 1 is 0.750 bits per heavy atom. The molecule has 0 bridgehead atoms. The number of rotatable bonds is 1. The van der Waals surface area contributed by atoms with Crippen molar-refractivity contribution in [1.82, 2.24) is 9.61 Å². The molecule has 5 aromatic rings. The van der Waals surface area contributed by atoms with E-state index in [9.17, 15) is 4.39 Å². The first-order valence-electron chi connectivity index (χ1n) is 7.86. The van der Waals surface area contributed by atoms with Crippen LogP contribution in [0.3, 0.4) is 0 Å². The molecule has 0 unspecified atom stereocenters. The second-order valence-electron chi connectivity index (χ2n) is 5.90. The number of hydrogen-bond acceptors (Lipinski definition) is 1. The van der Waals surface area contributed by atoms with Gasteiger partial charge in [-0.2, -0.15) is 5.10 Å². The fraction of sp³-hybridized carbons (Fsp3) is 0. The Labute approximate surface area is 137 Å². The molecule has 0 saturated carbocycles. The maximum absolute atomic E-state index is 13.3. The molecule has 0 atom stereocenters. The maximum Gasteiger partial charge on any atom is 0.123 e. The van der Waals surface area contributed by atoms with Crippen LogP contribution in [0.4, 0.5) is 4.39 Å². The van der Waals surface area contributed by atoms with Crippen molar-refractivity contribution in [3.8, 4) is 11.3 Å². The van der Waals surface area contributed by atoms with Crippen LogP contribution in [0, 0.1) is 5.82 Å². The molecule has 0 aliphatic heterocycles. The third-order valence-corrected chi connectivity index (χ3v) is 4.46. The van der Waals surface area contributed by atoms with Gasteiger partial charge in [0, 0.05) is 16.3 Å². The normalized spacial score (nSPS) is 11.5. The molecule has 0 radical (unpaired) electrons. The van der Waals surface area contributed by atoms with Gasteiger partial charge in [-0.3, -0.25) is 0 Å². The molecule has 0 saturated heterocycles. The average molecular weight is 312 g/mol. The van der Waals surface area contributed by atoms with Gasteiger partial charge in [0.15, 0.2) is 0 Å². The predicted molar refractivity (Wildman–Crippen MR) is 95.6 cm³/mol. The molecule has 0 fully saturated rings. The van der Waals surface area contributed by atoms with Crippen molar-refractivity contribution >= 4 is 27.2 Å². The van der Waals surface area contributed by atoms with Crippen molar-refractivity contribution in [3.63, 3.8) is 0 Å². The third-order valence-electron chi connectivity index (χ3n) is 4.46. The average Bonchev–Trinajstić information content (AvgIpc) is 3.02. The zero-order chi connectivity index (χ0) is 16.1. The number of nitrogens with zero attached hydrogens (tertiary/aromatic N) is 2. The summed E-state index contributed by atoms with van der Waals surface area (Å²) >= 11 is 0. The molecule has 2 heterocycles. The zero-order valence-corrected chi connectivity index (χ0v) is 12.8. The minimum absolute atomic E-state index is 0.235. The number of halogens is 1. The molecular formula is C21H13FN2. The summed E-state index contributed by atoms with van der Waals surface area (Å²) in [6, 6.07) is 25.1. The van der Waals surface area contributed by atoms with Crippen LogP contribution in [0.2, 0.25) is 0 Å². The molecule has 5 rings (SSSR count). The molecule has 2 aromatic heterocycles. The van der Waals surface area contributed by atoms with Crippen molar-refractivity contribution in [2.75, 3.05) is 0 Å². The molecule has 0 N–H and O–H groups in total. The van der Waals surface area contributed by atoms with Crippen molar-refractivity contribution in [1.29, 1.82) is 0 Å². The van der Waals surface area contributed by atoms with E-state index >= 15 is 0 Å². The highest BCUT2D eigenvalue weighted by molar-refractivity contribution is 6.10. The Morgan fingerprint density at radius 3 is 2.29 bits per heavy atom. The minimum Gasteiger partial charge on any atom is -0.231 e. The van der Waals surface area contributed by atoms with E-state index in [1.807, 2.05) is 34.8 Å². The first-order chi connectivity index (χ1) is 11.8. The van der Waals surface area contributed by atoms with Gasteiger partial charge >= 0.3 is 0 Å². The number of pyridine rings is 1. The van der Waals surface area contributed by atoms with Gasteiger partial charge in [0.2, 0.25) is 0 Å². The zero-order valence-electron chi connectivity index (χ0n) is 12.8. The van der Waals surface area contributed by atoms with Crippen LogP contribution in [-0.2, 0) is 0 Å². The Hall–Kier alpha value is -3.20. The van der Waals surface area contributed by atoms with Gasteiger partial charge in [0.1, 0.15) is 5.82 Å². The summed E-state index contributed by atoms with van der Waals surface area (Å²) < 4.78 is 15.3. The molecule has 0 spiro atoms. The summed E-state index contributed by atoms with van der Waals surface area (Å²) in [7, 11) is 0. The highest BCUT2D eigenvalue weighted by Gasteiger charge is 2.13. The molecule has 0 aliphatic rings. The van der Waals surface area contributed by atoms with Gasteiger partial charge in [0.05, 0.1) is 16.7 Å². The monoisotopic (exact) mass is 312 g/mol. The first-order valence-corrected chi connectivity index (χ1v) is 7.86. The molecule has 3 heteroatoms. The van der Waals surface area contributed by atoms with Crippen LogP contribution in [0.1, 0.15) is 0 Å². The number of hydrogen-bond donors (Lipinski definition) is 0. The van der Waals surface area contributed by atoms with Crippen molar-refractivity contribution in [3.05, 3.63) is 84.7 Å². The van der Waals surface area contributed by atoms with Gasteiger partial charge in [0.25, 0.3) is 0 Å². The van der Waals surface area contributed by atoms with Gasteiger partial charge in [-0.25, -0.2) is 8.91 Å². The molecule has 0 amide bonds. The summed E-state index contributed by atoms with van der Waals surface area (Å²) in [6.07, 6.45) is 0. The van der Waals surface area contributed by atoms with E-state index in [0.29, 0.717) is 0 Å².